The lowest BCUT2D eigenvalue weighted by Crippen LogP contribution is -2.17. The molecule has 1 amide bonds. The number of fused-ring (bicyclic) bond motifs is 1. The summed E-state index contributed by atoms with van der Waals surface area (Å²) in [6.07, 6.45) is 0. The summed E-state index contributed by atoms with van der Waals surface area (Å²) in [7, 11) is 0. The van der Waals surface area contributed by atoms with Gasteiger partial charge in [0.25, 0.3) is 5.91 Å². The topological polar surface area (TPSA) is 92.9 Å². The maximum absolute atomic E-state index is 13.5. The SMILES string of the molecule is Nc1ccccc1NC(=O)c1ccc(Cn2c(=O)[nH]c3ccc(F)cc32)cc1. The molecule has 1 heterocycles. The van der Waals surface area contributed by atoms with Crippen LogP contribution >= 0.6 is 0 Å². The van der Waals surface area contributed by atoms with Crippen molar-refractivity contribution in [3.05, 3.63) is 94.2 Å². The van der Waals surface area contributed by atoms with Crippen LogP contribution in [0.4, 0.5) is 15.8 Å². The number of H-pyrrole nitrogens is 1. The molecule has 0 saturated carbocycles. The van der Waals surface area contributed by atoms with Crippen LogP contribution < -0.4 is 16.7 Å². The van der Waals surface area contributed by atoms with Crippen molar-refractivity contribution in [1.29, 1.82) is 0 Å². The normalized spacial score (nSPS) is 10.9. The molecule has 28 heavy (non-hydrogen) atoms. The highest BCUT2D eigenvalue weighted by atomic mass is 19.1. The van der Waals surface area contributed by atoms with Gasteiger partial charge in [-0.3, -0.25) is 9.36 Å². The quantitative estimate of drug-likeness (QED) is 0.477. The van der Waals surface area contributed by atoms with Crippen molar-refractivity contribution in [2.24, 2.45) is 0 Å². The molecule has 0 bridgehead atoms. The van der Waals surface area contributed by atoms with Gasteiger partial charge in [0.15, 0.2) is 0 Å². The summed E-state index contributed by atoms with van der Waals surface area (Å²) < 4.78 is 15.0. The fourth-order valence-electron chi connectivity index (χ4n) is 3.03. The minimum absolute atomic E-state index is 0.260. The van der Waals surface area contributed by atoms with E-state index in [-0.39, 0.29) is 18.1 Å². The van der Waals surface area contributed by atoms with Gasteiger partial charge in [-0.1, -0.05) is 24.3 Å². The number of amides is 1. The van der Waals surface area contributed by atoms with Crippen LogP contribution in [-0.4, -0.2) is 15.5 Å². The van der Waals surface area contributed by atoms with Crippen LogP contribution in [0.1, 0.15) is 15.9 Å². The average Bonchev–Trinajstić information content (AvgIpc) is 2.99. The number of nitrogen functional groups attached to an aromatic ring is 1. The molecule has 0 aliphatic rings. The summed E-state index contributed by atoms with van der Waals surface area (Å²) in [6, 6.07) is 18.0. The summed E-state index contributed by atoms with van der Waals surface area (Å²) in [5, 5.41) is 2.77. The molecule has 0 atom stereocenters. The van der Waals surface area contributed by atoms with Crippen LogP contribution in [0.2, 0.25) is 0 Å². The molecule has 0 aliphatic heterocycles. The minimum Gasteiger partial charge on any atom is -0.397 e. The first-order chi connectivity index (χ1) is 13.5. The number of hydrogen-bond donors (Lipinski definition) is 3. The predicted octanol–water partition coefficient (Wildman–Crippen LogP) is 3.35. The largest absolute Gasteiger partial charge is 0.397 e. The van der Waals surface area contributed by atoms with Gasteiger partial charge in [-0.25, -0.2) is 9.18 Å². The highest BCUT2D eigenvalue weighted by Gasteiger charge is 2.10. The van der Waals surface area contributed by atoms with E-state index in [4.69, 9.17) is 5.73 Å². The second kappa shape index (κ2) is 7.03. The van der Waals surface area contributed by atoms with Crippen molar-refractivity contribution in [1.82, 2.24) is 9.55 Å². The standard InChI is InChI=1S/C21H17FN4O2/c22-15-9-10-18-19(11-15)26(21(28)25-18)12-13-5-7-14(8-6-13)20(27)24-17-4-2-1-3-16(17)23/h1-11H,12,23H2,(H,24,27)(H,25,28). The molecular formula is C21H17FN4O2. The molecule has 1 aromatic heterocycles. The zero-order chi connectivity index (χ0) is 19.7. The maximum atomic E-state index is 13.5. The van der Waals surface area contributed by atoms with E-state index in [0.29, 0.717) is 28.0 Å². The number of aromatic amines is 1. The van der Waals surface area contributed by atoms with Crippen molar-refractivity contribution in [2.75, 3.05) is 11.1 Å². The van der Waals surface area contributed by atoms with Crippen LogP contribution in [0, 0.1) is 5.82 Å². The van der Waals surface area contributed by atoms with Gasteiger partial charge in [0, 0.05) is 5.56 Å². The Kier molecular flexibility index (Phi) is 4.41. The number of carbonyl (C=O) groups is 1. The molecule has 0 spiro atoms. The van der Waals surface area contributed by atoms with Crippen molar-refractivity contribution >= 4 is 28.3 Å². The van der Waals surface area contributed by atoms with Crippen molar-refractivity contribution < 1.29 is 9.18 Å². The Labute approximate surface area is 159 Å². The first kappa shape index (κ1) is 17.5. The van der Waals surface area contributed by atoms with Gasteiger partial charge in [0.05, 0.1) is 29.0 Å². The van der Waals surface area contributed by atoms with E-state index in [9.17, 15) is 14.0 Å². The molecule has 0 radical (unpaired) electrons. The van der Waals surface area contributed by atoms with E-state index in [1.165, 1.54) is 22.8 Å². The van der Waals surface area contributed by atoms with E-state index in [1.807, 2.05) is 0 Å². The predicted molar refractivity (Wildman–Crippen MR) is 107 cm³/mol. The molecule has 3 aromatic carbocycles. The Morgan fingerprint density at radius 3 is 2.57 bits per heavy atom. The Morgan fingerprint density at radius 1 is 1.07 bits per heavy atom. The van der Waals surface area contributed by atoms with Gasteiger partial charge < -0.3 is 16.0 Å². The van der Waals surface area contributed by atoms with Crippen LogP contribution in [0.5, 0.6) is 0 Å². The first-order valence-corrected chi connectivity index (χ1v) is 8.64. The van der Waals surface area contributed by atoms with E-state index in [2.05, 4.69) is 10.3 Å². The Morgan fingerprint density at radius 2 is 1.82 bits per heavy atom. The number of imidazole rings is 1. The van der Waals surface area contributed by atoms with Crippen LogP contribution in [0.3, 0.4) is 0 Å². The summed E-state index contributed by atoms with van der Waals surface area (Å²) in [6.45, 7) is 0.260. The van der Waals surface area contributed by atoms with E-state index >= 15 is 0 Å². The minimum atomic E-state index is -0.410. The number of carbonyl (C=O) groups excluding carboxylic acids is 1. The number of nitrogens with one attached hydrogen (secondary N) is 2. The molecule has 7 heteroatoms. The lowest BCUT2D eigenvalue weighted by Gasteiger charge is -2.09. The third-order valence-electron chi connectivity index (χ3n) is 4.50. The number of anilines is 2. The van der Waals surface area contributed by atoms with E-state index in [0.717, 1.165) is 5.56 Å². The molecule has 6 nitrogen and oxygen atoms in total. The highest BCUT2D eigenvalue weighted by molar-refractivity contribution is 6.05. The lowest BCUT2D eigenvalue weighted by atomic mass is 10.1. The number of nitrogens with zero attached hydrogens (tertiary/aromatic N) is 1. The number of nitrogens with two attached hydrogens (primary N) is 1. The van der Waals surface area contributed by atoms with Gasteiger partial charge >= 0.3 is 5.69 Å². The second-order valence-electron chi connectivity index (χ2n) is 6.42. The fourth-order valence-corrected chi connectivity index (χ4v) is 3.03. The molecule has 4 rings (SSSR count). The van der Waals surface area contributed by atoms with E-state index < -0.39 is 5.82 Å². The molecule has 0 unspecified atom stereocenters. The van der Waals surface area contributed by atoms with Crippen molar-refractivity contribution in [3.63, 3.8) is 0 Å². The molecule has 4 N–H and O–H groups in total. The number of halogens is 1. The smallest absolute Gasteiger partial charge is 0.326 e. The van der Waals surface area contributed by atoms with Crippen molar-refractivity contribution in [3.8, 4) is 0 Å². The molecular weight excluding hydrogens is 359 g/mol. The summed E-state index contributed by atoms with van der Waals surface area (Å²) in [4.78, 5) is 27.3. The summed E-state index contributed by atoms with van der Waals surface area (Å²) in [5.74, 6) is -0.691. The summed E-state index contributed by atoms with van der Waals surface area (Å²) in [5.41, 5.74) is 8.89. The van der Waals surface area contributed by atoms with Gasteiger partial charge in [-0.2, -0.15) is 0 Å². The molecule has 0 fully saturated rings. The van der Waals surface area contributed by atoms with Gasteiger partial charge in [0.1, 0.15) is 5.82 Å². The number of hydrogen-bond acceptors (Lipinski definition) is 3. The third kappa shape index (κ3) is 3.37. The zero-order valence-electron chi connectivity index (χ0n) is 14.8. The number of rotatable bonds is 4. The van der Waals surface area contributed by atoms with Gasteiger partial charge in [-0.15, -0.1) is 0 Å². The van der Waals surface area contributed by atoms with Gasteiger partial charge in [0.2, 0.25) is 0 Å². The molecule has 0 aliphatic carbocycles. The second-order valence-corrected chi connectivity index (χ2v) is 6.42. The fraction of sp³-hybridized carbons (Fsp3) is 0.0476. The zero-order valence-corrected chi connectivity index (χ0v) is 14.8. The number of benzene rings is 3. The lowest BCUT2D eigenvalue weighted by molar-refractivity contribution is 0.102. The highest BCUT2D eigenvalue weighted by Crippen LogP contribution is 2.18. The Hall–Kier alpha value is -3.87. The van der Waals surface area contributed by atoms with Crippen LogP contribution in [0.15, 0.2) is 71.5 Å². The average molecular weight is 376 g/mol. The van der Waals surface area contributed by atoms with E-state index in [1.54, 1.807) is 48.5 Å². The first-order valence-electron chi connectivity index (χ1n) is 8.64. The summed E-state index contributed by atoms with van der Waals surface area (Å²) >= 11 is 0. The monoisotopic (exact) mass is 376 g/mol. The third-order valence-corrected chi connectivity index (χ3v) is 4.50. The molecule has 0 saturated heterocycles. The van der Waals surface area contributed by atoms with Crippen LogP contribution in [-0.2, 0) is 6.54 Å². The van der Waals surface area contributed by atoms with Crippen molar-refractivity contribution in [2.45, 2.75) is 6.54 Å². The maximum Gasteiger partial charge on any atom is 0.326 e. The number of para-hydroxylation sites is 2. The van der Waals surface area contributed by atoms with Gasteiger partial charge in [-0.05, 0) is 48.0 Å². The Bertz CT molecular complexity index is 1230. The Balaban J connectivity index is 1.55. The molecule has 140 valence electrons. The number of aromatic nitrogens is 2. The van der Waals surface area contributed by atoms with Crippen LogP contribution in [0.25, 0.3) is 11.0 Å². The molecule has 4 aromatic rings.